The SMILES string of the molecule is COC(=O)c1sccc1/C=C/c1ccc2ccccc2c1. The highest BCUT2D eigenvalue weighted by Crippen LogP contribution is 2.22. The Bertz CT molecular complexity index is 815. The number of methoxy groups -OCH3 is 1. The van der Waals surface area contributed by atoms with E-state index in [-0.39, 0.29) is 5.97 Å². The number of hydrogen-bond donors (Lipinski definition) is 0. The molecular formula is C18H14O2S. The Morgan fingerprint density at radius 1 is 1.05 bits per heavy atom. The predicted molar refractivity (Wildman–Crippen MR) is 88.5 cm³/mol. The van der Waals surface area contributed by atoms with Crippen molar-refractivity contribution in [2.24, 2.45) is 0 Å². The largest absolute Gasteiger partial charge is 0.465 e. The molecule has 3 aromatic rings. The van der Waals surface area contributed by atoms with Crippen LogP contribution in [0, 0.1) is 0 Å². The lowest BCUT2D eigenvalue weighted by atomic mass is 10.1. The van der Waals surface area contributed by atoms with Crippen molar-refractivity contribution in [2.45, 2.75) is 0 Å². The molecule has 2 aromatic carbocycles. The lowest BCUT2D eigenvalue weighted by Gasteiger charge is -2.00. The Morgan fingerprint density at radius 2 is 1.86 bits per heavy atom. The van der Waals surface area contributed by atoms with Crippen LogP contribution >= 0.6 is 11.3 Å². The average molecular weight is 294 g/mol. The van der Waals surface area contributed by atoms with Crippen LogP contribution in [-0.4, -0.2) is 13.1 Å². The summed E-state index contributed by atoms with van der Waals surface area (Å²) >= 11 is 1.39. The number of ether oxygens (including phenoxy) is 1. The van der Waals surface area contributed by atoms with Crippen LogP contribution in [0.5, 0.6) is 0 Å². The molecule has 0 atom stereocenters. The zero-order valence-corrected chi connectivity index (χ0v) is 12.4. The van der Waals surface area contributed by atoms with Gasteiger partial charge in [0.15, 0.2) is 0 Å². The van der Waals surface area contributed by atoms with Gasteiger partial charge in [-0.05, 0) is 39.4 Å². The third-order valence-electron chi connectivity index (χ3n) is 3.30. The Hall–Kier alpha value is -2.39. The molecular weight excluding hydrogens is 280 g/mol. The predicted octanol–water partition coefficient (Wildman–Crippen LogP) is 4.86. The zero-order chi connectivity index (χ0) is 14.7. The summed E-state index contributed by atoms with van der Waals surface area (Å²) in [6, 6.07) is 16.5. The highest BCUT2D eigenvalue weighted by Gasteiger charge is 2.10. The quantitative estimate of drug-likeness (QED) is 0.645. The Morgan fingerprint density at radius 3 is 2.67 bits per heavy atom. The maximum Gasteiger partial charge on any atom is 0.348 e. The first-order valence-electron chi connectivity index (χ1n) is 6.60. The summed E-state index contributed by atoms with van der Waals surface area (Å²) in [7, 11) is 1.40. The molecule has 3 heteroatoms. The maximum absolute atomic E-state index is 11.6. The fourth-order valence-electron chi connectivity index (χ4n) is 2.21. The summed E-state index contributed by atoms with van der Waals surface area (Å²) in [6.45, 7) is 0. The van der Waals surface area contributed by atoms with E-state index in [4.69, 9.17) is 4.74 Å². The van der Waals surface area contributed by atoms with Crippen molar-refractivity contribution in [3.63, 3.8) is 0 Å². The van der Waals surface area contributed by atoms with Crippen LogP contribution in [0.3, 0.4) is 0 Å². The molecule has 0 amide bonds. The van der Waals surface area contributed by atoms with E-state index in [2.05, 4.69) is 30.3 Å². The van der Waals surface area contributed by atoms with E-state index in [0.717, 1.165) is 11.1 Å². The molecule has 0 aliphatic rings. The van der Waals surface area contributed by atoms with E-state index in [1.54, 1.807) is 0 Å². The molecule has 0 radical (unpaired) electrons. The van der Waals surface area contributed by atoms with Crippen LogP contribution in [0.1, 0.15) is 20.8 Å². The summed E-state index contributed by atoms with van der Waals surface area (Å²) in [4.78, 5) is 12.3. The summed E-state index contributed by atoms with van der Waals surface area (Å²) in [5.74, 6) is -0.289. The third kappa shape index (κ3) is 2.88. The fourth-order valence-corrected chi connectivity index (χ4v) is 3.01. The highest BCUT2D eigenvalue weighted by atomic mass is 32.1. The van der Waals surface area contributed by atoms with Crippen molar-refractivity contribution in [1.82, 2.24) is 0 Å². The van der Waals surface area contributed by atoms with E-state index >= 15 is 0 Å². The topological polar surface area (TPSA) is 26.3 Å². The van der Waals surface area contributed by atoms with Gasteiger partial charge in [-0.3, -0.25) is 0 Å². The Kier molecular flexibility index (Phi) is 3.84. The first-order valence-corrected chi connectivity index (χ1v) is 7.48. The van der Waals surface area contributed by atoms with Gasteiger partial charge in [-0.1, -0.05) is 48.6 Å². The lowest BCUT2D eigenvalue weighted by molar-refractivity contribution is 0.0606. The van der Waals surface area contributed by atoms with Crippen molar-refractivity contribution >= 4 is 40.2 Å². The molecule has 1 aromatic heterocycles. The average Bonchev–Trinajstić information content (AvgIpc) is 3.00. The number of thiophene rings is 1. The number of hydrogen-bond acceptors (Lipinski definition) is 3. The van der Waals surface area contributed by atoms with Crippen LogP contribution in [0.4, 0.5) is 0 Å². The normalized spacial score (nSPS) is 11.1. The molecule has 0 aliphatic heterocycles. The summed E-state index contributed by atoms with van der Waals surface area (Å²) in [5, 5.41) is 4.32. The van der Waals surface area contributed by atoms with Gasteiger partial charge in [-0.2, -0.15) is 0 Å². The molecule has 0 spiro atoms. The number of benzene rings is 2. The van der Waals surface area contributed by atoms with Gasteiger partial charge >= 0.3 is 5.97 Å². The number of carbonyl (C=O) groups is 1. The maximum atomic E-state index is 11.6. The molecule has 0 aliphatic carbocycles. The van der Waals surface area contributed by atoms with Gasteiger partial charge in [0.05, 0.1) is 7.11 Å². The van der Waals surface area contributed by atoms with Crippen LogP contribution in [-0.2, 0) is 4.74 Å². The highest BCUT2D eigenvalue weighted by molar-refractivity contribution is 7.12. The second kappa shape index (κ2) is 5.94. The fraction of sp³-hybridized carbons (Fsp3) is 0.0556. The summed E-state index contributed by atoms with van der Waals surface area (Å²) in [6.07, 6.45) is 3.97. The molecule has 0 unspecified atom stereocenters. The number of fused-ring (bicyclic) bond motifs is 1. The van der Waals surface area contributed by atoms with Crippen molar-refractivity contribution in [1.29, 1.82) is 0 Å². The second-order valence-electron chi connectivity index (χ2n) is 4.64. The lowest BCUT2D eigenvalue weighted by Crippen LogP contribution is -1.99. The molecule has 2 nitrogen and oxygen atoms in total. The monoisotopic (exact) mass is 294 g/mol. The van der Waals surface area contributed by atoms with Crippen molar-refractivity contribution in [2.75, 3.05) is 7.11 Å². The minimum atomic E-state index is -0.289. The number of esters is 1. The van der Waals surface area contributed by atoms with Gasteiger partial charge < -0.3 is 4.74 Å². The van der Waals surface area contributed by atoms with E-state index in [9.17, 15) is 4.79 Å². The van der Waals surface area contributed by atoms with Gasteiger partial charge in [0.1, 0.15) is 4.88 Å². The minimum absolute atomic E-state index is 0.289. The molecule has 1 heterocycles. The molecule has 3 rings (SSSR count). The number of rotatable bonds is 3. The molecule has 0 bridgehead atoms. The van der Waals surface area contributed by atoms with Crippen LogP contribution in [0.2, 0.25) is 0 Å². The van der Waals surface area contributed by atoms with Gasteiger partial charge in [-0.25, -0.2) is 4.79 Å². The van der Waals surface area contributed by atoms with Gasteiger partial charge in [0.25, 0.3) is 0 Å². The first-order chi connectivity index (χ1) is 10.3. The van der Waals surface area contributed by atoms with Crippen LogP contribution in [0.25, 0.3) is 22.9 Å². The molecule has 0 N–H and O–H groups in total. The molecule has 104 valence electrons. The Labute approximate surface area is 127 Å². The molecule has 0 saturated heterocycles. The third-order valence-corrected chi connectivity index (χ3v) is 4.21. The van der Waals surface area contributed by atoms with E-state index in [1.807, 2.05) is 35.7 Å². The van der Waals surface area contributed by atoms with Crippen molar-refractivity contribution in [3.8, 4) is 0 Å². The summed E-state index contributed by atoms with van der Waals surface area (Å²) < 4.78 is 4.78. The zero-order valence-electron chi connectivity index (χ0n) is 11.6. The Balaban J connectivity index is 1.91. The van der Waals surface area contributed by atoms with Gasteiger partial charge in [-0.15, -0.1) is 11.3 Å². The first kappa shape index (κ1) is 13.6. The molecule has 0 saturated carbocycles. The van der Waals surface area contributed by atoms with Gasteiger partial charge in [0.2, 0.25) is 0 Å². The minimum Gasteiger partial charge on any atom is -0.465 e. The van der Waals surface area contributed by atoms with Crippen LogP contribution < -0.4 is 0 Å². The molecule has 21 heavy (non-hydrogen) atoms. The van der Waals surface area contributed by atoms with Crippen molar-refractivity contribution in [3.05, 3.63) is 69.9 Å². The smallest absolute Gasteiger partial charge is 0.348 e. The van der Waals surface area contributed by atoms with E-state index in [0.29, 0.717) is 4.88 Å². The van der Waals surface area contributed by atoms with Crippen molar-refractivity contribution < 1.29 is 9.53 Å². The standard InChI is InChI=1S/C18H14O2S/c1-20-18(19)17-15(10-11-21-17)9-7-13-6-8-14-4-2-3-5-16(14)12-13/h2-12H,1H3/b9-7+. The van der Waals surface area contributed by atoms with Gasteiger partial charge in [0, 0.05) is 0 Å². The van der Waals surface area contributed by atoms with E-state index < -0.39 is 0 Å². The van der Waals surface area contributed by atoms with Crippen LogP contribution in [0.15, 0.2) is 53.9 Å². The molecule has 0 fully saturated rings. The number of carbonyl (C=O) groups excluding carboxylic acids is 1. The second-order valence-corrected chi connectivity index (χ2v) is 5.55. The van der Waals surface area contributed by atoms with E-state index in [1.165, 1.54) is 29.2 Å². The summed E-state index contributed by atoms with van der Waals surface area (Å²) in [5.41, 5.74) is 2.00.